The molecule has 0 aliphatic heterocycles. The standard InChI is InChI=1S/C23H16N4O2/c28-22-17-9-2-1-6-14(17)13-20(27-22)23(29)24-16-8-5-7-15(12-16)21-25-18-10-3-4-11-19(18)26-21/h1-13H,(H,24,29)(H,25,26)(H,27,28). The quantitative estimate of drug-likeness (QED) is 0.435. The molecule has 0 saturated carbocycles. The normalized spacial score (nSPS) is 11.0. The molecule has 0 bridgehead atoms. The molecular formula is C23H16N4O2. The molecule has 0 saturated heterocycles. The highest BCUT2D eigenvalue weighted by Crippen LogP contribution is 2.23. The van der Waals surface area contributed by atoms with E-state index >= 15 is 0 Å². The third-order valence-corrected chi connectivity index (χ3v) is 4.78. The van der Waals surface area contributed by atoms with Gasteiger partial charge in [0.15, 0.2) is 0 Å². The minimum atomic E-state index is -0.380. The third kappa shape index (κ3) is 3.17. The predicted molar refractivity (Wildman–Crippen MR) is 114 cm³/mol. The van der Waals surface area contributed by atoms with Gasteiger partial charge >= 0.3 is 0 Å². The van der Waals surface area contributed by atoms with E-state index in [1.807, 2.05) is 54.6 Å². The minimum Gasteiger partial charge on any atom is -0.338 e. The van der Waals surface area contributed by atoms with Gasteiger partial charge in [-0.25, -0.2) is 4.98 Å². The lowest BCUT2D eigenvalue weighted by atomic mass is 10.1. The van der Waals surface area contributed by atoms with Crippen molar-refractivity contribution in [3.63, 3.8) is 0 Å². The van der Waals surface area contributed by atoms with E-state index in [0.29, 0.717) is 11.1 Å². The average molecular weight is 380 g/mol. The first kappa shape index (κ1) is 16.9. The summed E-state index contributed by atoms with van der Waals surface area (Å²) in [7, 11) is 0. The predicted octanol–water partition coefficient (Wildman–Crippen LogP) is 4.32. The first-order chi connectivity index (χ1) is 14.2. The number of aromatic nitrogens is 3. The van der Waals surface area contributed by atoms with Crippen LogP contribution in [0.1, 0.15) is 10.5 Å². The summed E-state index contributed by atoms with van der Waals surface area (Å²) in [4.78, 5) is 35.4. The Morgan fingerprint density at radius 2 is 1.69 bits per heavy atom. The molecule has 2 heterocycles. The van der Waals surface area contributed by atoms with Crippen LogP contribution < -0.4 is 10.9 Å². The number of pyridine rings is 1. The number of para-hydroxylation sites is 2. The molecule has 0 spiro atoms. The van der Waals surface area contributed by atoms with Gasteiger partial charge in [-0.05, 0) is 41.8 Å². The number of carbonyl (C=O) groups excluding carboxylic acids is 1. The van der Waals surface area contributed by atoms with Crippen molar-refractivity contribution in [2.24, 2.45) is 0 Å². The molecule has 29 heavy (non-hydrogen) atoms. The maximum absolute atomic E-state index is 12.7. The first-order valence-corrected chi connectivity index (χ1v) is 9.16. The van der Waals surface area contributed by atoms with Crippen molar-refractivity contribution in [1.29, 1.82) is 0 Å². The number of nitrogens with zero attached hydrogens (tertiary/aromatic N) is 1. The number of hydrogen-bond donors (Lipinski definition) is 3. The van der Waals surface area contributed by atoms with Crippen molar-refractivity contribution in [3.8, 4) is 11.4 Å². The number of nitrogens with one attached hydrogen (secondary N) is 3. The Hall–Kier alpha value is -4.19. The van der Waals surface area contributed by atoms with E-state index in [0.717, 1.165) is 27.8 Å². The van der Waals surface area contributed by atoms with Crippen LogP contribution in [0.15, 0.2) is 83.7 Å². The Morgan fingerprint density at radius 3 is 2.59 bits per heavy atom. The molecule has 5 aromatic rings. The maximum atomic E-state index is 12.7. The molecule has 3 N–H and O–H groups in total. The summed E-state index contributed by atoms with van der Waals surface area (Å²) in [6.45, 7) is 0. The van der Waals surface area contributed by atoms with Gasteiger partial charge in [0.25, 0.3) is 11.5 Å². The Balaban J connectivity index is 1.46. The van der Waals surface area contributed by atoms with E-state index in [9.17, 15) is 9.59 Å². The van der Waals surface area contributed by atoms with Crippen molar-refractivity contribution < 1.29 is 4.79 Å². The lowest BCUT2D eigenvalue weighted by Gasteiger charge is -2.07. The summed E-state index contributed by atoms with van der Waals surface area (Å²) >= 11 is 0. The van der Waals surface area contributed by atoms with Crippen molar-refractivity contribution in [2.45, 2.75) is 0 Å². The molecule has 0 radical (unpaired) electrons. The second-order valence-electron chi connectivity index (χ2n) is 6.74. The molecule has 0 aliphatic carbocycles. The van der Waals surface area contributed by atoms with Gasteiger partial charge in [-0.15, -0.1) is 0 Å². The fourth-order valence-corrected chi connectivity index (χ4v) is 3.37. The second-order valence-corrected chi connectivity index (χ2v) is 6.74. The number of rotatable bonds is 3. The number of aromatic amines is 2. The molecule has 0 atom stereocenters. The number of anilines is 1. The van der Waals surface area contributed by atoms with Gasteiger partial charge in [-0.1, -0.05) is 42.5 Å². The van der Waals surface area contributed by atoms with Crippen LogP contribution in [0.4, 0.5) is 5.69 Å². The Kier molecular flexibility index (Phi) is 3.95. The second kappa shape index (κ2) is 6.76. The molecule has 1 amide bonds. The van der Waals surface area contributed by atoms with Crippen LogP contribution in [0.25, 0.3) is 33.2 Å². The fraction of sp³-hybridized carbons (Fsp3) is 0. The number of benzene rings is 3. The van der Waals surface area contributed by atoms with Crippen molar-refractivity contribution in [2.75, 3.05) is 5.32 Å². The lowest BCUT2D eigenvalue weighted by molar-refractivity contribution is 0.102. The fourth-order valence-electron chi connectivity index (χ4n) is 3.37. The first-order valence-electron chi connectivity index (χ1n) is 9.16. The van der Waals surface area contributed by atoms with Crippen LogP contribution >= 0.6 is 0 Å². The molecule has 0 aliphatic rings. The number of amides is 1. The number of hydrogen-bond acceptors (Lipinski definition) is 3. The Bertz CT molecular complexity index is 1400. The molecule has 140 valence electrons. The molecular weight excluding hydrogens is 364 g/mol. The SMILES string of the molecule is O=C(Nc1cccc(-c2nc3ccccc3[nH]2)c1)c1cc2ccccc2c(=O)[nH]1. The Morgan fingerprint density at radius 1 is 0.862 bits per heavy atom. The van der Waals surface area contributed by atoms with Gasteiger partial charge in [-0.3, -0.25) is 9.59 Å². The average Bonchev–Trinajstić information content (AvgIpc) is 3.18. The summed E-state index contributed by atoms with van der Waals surface area (Å²) in [5, 5.41) is 4.11. The smallest absolute Gasteiger partial charge is 0.272 e. The van der Waals surface area contributed by atoms with E-state index in [-0.39, 0.29) is 17.2 Å². The summed E-state index contributed by atoms with van der Waals surface area (Å²) < 4.78 is 0. The van der Waals surface area contributed by atoms with E-state index in [1.54, 1.807) is 24.3 Å². The van der Waals surface area contributed by atoms with Gasteiger partial charge in [0, 0.05) is 16.6 Å². The highest BCUT2D eigenvalue weighted by molar-refractivity contribution is 6.05. The van der Waals surface area contributed by atoms with Crippen molar-refractivity contribution in [1.82, 2.24) is 15.0 Å². The molecule has 0 unspecified atom stereocenters. The van der Waals surface area contributed by atoms with E-state index in [4.69, 9.17) is 0 Å². The van der Waals surface area contributed by atoms with Crippen LogP contribution in [0.2, 0.25) is 0 Å². The number of imidazole rings is 1. The van der Waals surface area contributed by atoms with E-state index in [2.05, 4.69) is 20.3 Å². The summed E-state index contributed by atoms with van der Waals surface area (Å²) in [6, 6.07) is 24.0. The van der Waals surface area contributed by atoms with Gasteiger partial charge in [0.1, 0.15) is 11.5 Å². The molecule has 6 heteroatoms. The van der Waals surface area contributed by atoms with E-state index in [1.165, 1.54) is 0 Å². The molecule has 2 aromatic heterocycles. The van der Waals surface area contributed by atoms with Gasteiger partial charge in [0.2, 0.25) is 0 Å². The zero-order valence-corrected chi connectivity index (χ0v) is 15.3. The summed E-state index contributed by atoms with van der Waals surface area (Å²) in [5.41, 5.74) is 3.22. The van der Waals surface area contributed by atoms with Gasteiger partial charge in [0.05, 0.1) is 11.0 Å². The third-order valence-electron chi connectivity index (χ3n) is 4.78. The summed E-state index contributed by atoms with van der Waals surface area (Å²) in [5.74, 6) is 0.344. The van der Waals surface area contributed by atoms with Gasteiger partial charge < -0.3 is 15.3 Å². The Labute approximate surface area is 165 Å². The van der Waals surface area contributed by atoms with Gasteiger partial charge in [-0.2, -0.15) is 0 Å². The van der Waals surface area contributed by atoms with Crippen molar-refractivity contribution >= 4 is 33.4 Å². The minimum absolute atomic E-state index is 0.211. The van der Waals surface area contributed by atoms with E-state index < -0.39 is 0 Å². The highest BCUT2D eigenvalue weighted by Gasteiger charge is 2.11. The van der Waals surface area contributed by atoms with Crippen LogP contribution in [0, 0.1) is 0 Å². The zero-order valence-electron chi connectivity index (χ0n) is 15.3. The largest absolute Gasteiger partial charge is 0.338 e. The van der Waals surface area contributed by atoms with Crippen LogP contribution in [-0.2, 0) is 0 Å². The molecule has 3 aromatic carbocycles. The molecule has 0 fully saturated rings. The van der Waals surface area contributed by atoms with Crippen LogP contribution in [-0.4, -0.2) is 20.9 Å². The molecule has 5 rings (SSSR count). The van der Waals surface area contributed by atoms with Crippen molar-refractivity contribution in [3.05, 3.63) is 94.9 Å². The number of H-pyrrole nitrogens is 2. The molecule has 6 nitrogen and oxygen atoms in total. The highest BCUT2D eigenvalue weighted by atomic mass is 16.2. The summed E-state index contributed by atoms with van der Waals surface area (Å²) in [6.07, 6.45) is 0. The van der Waals surface area contributed by atoms with Crippen LogP contribution in [0.5, 0.6) is 0 Å². The monoisotopic (exact) mass is 380 g/mol. The number of carbonyl (C=O) groups is 1. The van der Waals surface area contributed by atoms with Crippen LogP contribution in [0.3, 0.4) is 0 Å². The topological polar surface area (TPSA) is 90.6 Å². The lowest BCUT2D eigenvalue weighted by Crippen LogP contribution is -2.18. The maximum Gasteiger partial charge on any atom is 0.272 e. The zero-order chi connectivity index (χ0) is 19.8. The number of fused-ring (bicyclic) bond motifs is 2.